The van der Waals surface area contributed by atoms with Gasteiger partial charge < -0.3 is 5.73 Å². The molecule has 2 heteroatoms. The highest BCUT2D eigenvalue weighted by molar-refractivity contribution is 9.10. The van der Waals surface area contributed by atoms with Crippen LogP contribution >= 0.6 is 15.9 Å². The van der Waals surface area contributed by atoms with E-state index in [1.54, 1.807) is 0 Å². The molecule has 16 heavy (non-hydrogen) atoms. The minimum absolute atomic E-state index is 0.168. The van der Waals surface area contributed by atoms with Crippen molar-refractivity contribution in [2.24, 2.45) is 5.73 Å². The fourth-order valence-corrected chi connectivity index (χ4v) is 2.15. The van der Waals surface area contributed by atoms with Gasteiger partial charge in [-0.2, -0.15) is 0 Å². The van der Waals surface area contributed by atoms with Crippen LogP contribution in [-0.4, -0.2) is 0 Å². The van der Waals surface area contributed by atoms with Crippen LogP contribution in [0.3, 0.4) is 0 Å². The van der Waals surface area contributed by atoms with E-state index in [2.05, 4.69) is 34.6 Å². The lowest BCUT2D eigenvalue weighted by Gasteiger charge is -2.11. The monoisotopic (exact) mass is 281 g/mol. The van der Waals surface area contributed by atoms with E-state index in [1.165, 1.54) is 24.8 Å². The summed E-state index contributed by atoms with van der Waals surface area (Å²) in [7, 11) is 0. The van der Waals surface area contributed by atoms with Gasteiger partial charge in [-0.3, -0.25) is 0 Å². The van der Waals surface area contributed by atoms with E-state index in [-0.39, 0.29) is 6.04 Å². The van der Waals surface area contributed by atoms with Gasteiger partial charge in [0.1, 0.15) is 0 Å². The van der Waals surface area contributed by atoms with Crippen molar-refractivity contribution >= 4 is 15.9 Å². The molecule has 0 aliphatic rings. The SMILES string of the molecule is C=CCCCCCC(N)c1cccc(Br)c1. The van der Waals surface area contributed by atoms with Crippen LogP contribution in [-0.2, 0) is 0 Å². The zero-order valence-electron chi connectivity index (χ0n) is 9.66. The largest absolute Gasteiger partial charge is 0.324 e. The smallest absolute Gasteiger partial charge is 0.0295 e. The normalized spacial score (nSPS) is 12.4. The highest BCUT2D eigenvalue weighted by Gasteiger charge is 2.05. The molecule has 0 aliphatic heterocycles. The Morgan fingerprint density at radius 1 is 1.31 bits per heavy atom. The number of halogens is 1. The Labute approximate surface area is 107 Å². The highest BCUT2D eigenvalue weighted by atomic mass is 79.9. The van der Waals surface area contributed by atoms with Crippen molar-refractivity contribution < 1.29 is 0 Å². The molecule has 1 aromatic rings. The van der Waals surface area contributed by atoms with Gasteiger partial charge in [-0.15, -0.1) is 6.58 Å². The van der Waals surface area contributed by atoms with E-state index in [1.807, 2.05) is 18.2 Å². The topological polar surface area (TPSA) is 26.0 Å². The second-order valence-corrected chi connectivity index (χ2v) is 5.00. The maximum absolute atomic E-state index is 6.14. The average Bonchev–Trinajstić information content (AvgIpc) is 2.28. The molecule has 0 amide bonds. The summed E-state index contributed by atoms with van der Waals surface area (Å²) in [6, 6.07) is 8.44. The lowest BCUT2D eigenvalue weighted by atomic mass is 10.0. The number of unbranched alkanes of at least 4 members (excludes halogenated alkanes) is 3. The van der Waals surface area contributed by atoms with E-state index >= 15 is 0 Å². The van der Waals surface area contributed by atoms with E-state index in [0.29, 0.717) is 0 Å². The van der Waals surface area contributed by atoms with Crippen molar-refractivity contribution in [3.05, 3.63) is 47.0 Å². The minimum atomic E-state index is 0.168. The summed E-state index contributed by atoms with van der Waals surface area (Å²) in [4.78, 5) is 0. The summed E-state index contributed by atoms with van der Waals surface area (Å²) in [5.74, 6) is 0. The van der Waals surface area contributed by atoms with Crippen LogP contribution in [0.25, 0.3) is 0 Å². The van der Waals surface area contributed by atoms with Crippen molar-refractivity contribution in [1.82, 2.24) is 0 Å². The summed E-state index contributed by atoms with van der Waals surface area (Å²) in [5, 5.41) is 0. The third kappa shape index (κ3) is 4.95. The van der Waals surface area contributed by atoms with Gasteiger partial charge in [-0.25, -0.2) is 0 Å². The number of allylic oxidation sites excluding steroid dienone is 1. The Balaban J connectivity index is 2.29. The molecule has 1 aromatic carbocycles. The summed E-state index contributed by atoms with van der Waals surface area (Å²) in [5.41, 5.74) is 7.36. The third-order valence-electron chi connectivity index (χ3n) is 2.70. The molecular weight excluding hydrogens is 262 g/mol. The van der Waals surface area contributed by atoms with Crippen LogP contribution < -0.4 is 5.73 Å². The molecule has 1 rings (SSSR count). The number of benzene rings is 1. The van der Waals surface area contributed by atoms with Gasteiger partial charge in [0.2, 0.25) is 0 Å². The van der Waals surface area contributed by atoms with E-state index in [4.69, 9.17) is 5.73 Å². The van der Waals surface area contributed by atoms with E-state index in [9.17, 15) is 0 Å². The Bertz CT molecular complexity index is 322. The standard InChI is InChI=1S/C14H20BrN/c1-2-3-4-5-6-10-14(16)12-8-7-9-13(15)11-12/h2,7-9,11,14H,1,3-6,10,16H2. The molecule has 0 spiro atoms. The number of rotatable bonds is 7. The molecule has 0 saturated carbocycles. The molecule has 1 nitrogen and oxygen atoms in total. The molecule has 2 N–H and O–H groups in total. The van der Waals surface area contributed by atoms with Crippen molar-refractivity contribution in [2.45, 2.75) is 38.1 Å². The van der Waals surface area contributed by atoms with Crippen LogP contribution in [0, 0.1) is 0 Å². The highest BCUT2D eigenvalue weighted by Crippen LogP contribution is 2.20. The van der Waals surface area contributed by atoms with Crippen LogP contribution in [0.2, 0.25) is 0 Å². The maximum Gasteiger partial charge on any atom is 0.0295 e. The Kier molecular flexibility index (Phi) is 6.43. The van der Waals surface area contributed by atoms with Crippen LogP contribution in [0.15, 0.2) is 41.4 Å². The summed E-state index contributed by atoms with van der Waals surface area (Å²) < 4.78 is 1.10. The summed E-state index contributed by atoms with van der Waals surface area (Å²) in [6.07, 6.45) is 7.83. The first-order chi connectivity index (χ1) is 7.74. The number of hydrogen-bond donors (Lipinski definition) is 1. The second kappa shape index (κ2) is 7.64. The second-order valence-electron chi connectivity index (χ2n) is 4.09. The molecule has 0 saturated heterocycles. The quantitative estimate of drug-likeness (QED) is 0.574. The lowest BCUT2D eigenvalue weighted by molar-refractivity contribution is 0.572. The Morgan fingerprint density at radius 2 is 2.12 bits per heavy atom. The first-order valence-corrected chi connectivity index (χ1v) is 6.65. The van der Waals surface area contributed by atoms with Gasteiger partial charge in [-0.05, 0) is 37.0 Å². The molecule has 0 heterocycles. The van der Waals surface area contributed by atoms with Gasteiger partial charge in [0, 0.05) is 10.5 Å². The maximum atomic E-state index is 6.14. The van der Waals surface area contributed by atoms with Crippen molar-refractivity contribution in [3.8, 4) is 0 Å². The zero-order chi connectivity index (χ0) is 11.8. The first kappa shape index (κ1) is 13.5. The molecule has 0 aromatic heterocycles. The Morgan fingerprint density at radius 3 is 2.81 bits per heavy atom. The van der Waals surface area contributed by atoms with Gasteiger partial charge >= 0.3 is 0 Å². The molecule has 0 bridgehead atoms. The van der Waals surface area contributed by atoms with E-state index in [0.717, 1.165) is 17.3 Å². The van der Waals surface area contributed by atoms with Gasteiger partial charge in [0.15, 0.2) is 0 Å². The van der Waals surface area contributed by atoms with Crippen molar-refractivity contribution in [3.63, 3.8) is 0 Å². The lowest BCUT2D eigenvalue weighted by Crippen LogP contribution is -2.09. The van der Waals surface area contributed by atoms with Gasteiger partial charge in [0.05, 0.1) is 0 Å². The van der Waals surface area contributed by atoms with Crippen molar-refractivity contribution in [1.29, 1.82) is 0 Å². The van der Waals surface area contributed by atoms with Gasteiger partial charge in [0.25, 0.3) is 0 Å². The number of hydrogen-bond acceptors (Lipinski definition) is 1. The zero-order valence-corrected chi connectivity index (χ0v) is 11.2. The summed E-state index contributed by atoms with van der Waals surface area (Å²) in [6.45, 7) is 3.72. The predicted molar refractivity (Wildman–Crippen MR) is 74.4 cm³/mol. The fourth-order valence-electron chi connectivity index (χ4n) is 1.73. The van der Waals surface area contributed by atoms with Crippen LogP contribution in [0.5, 0.6) is 0 Å². The van der Waals surface area contributed by atoms with Gasteiger partial charge in [-0.1, -0.05) is 47.0 Å². The predicted octanol–water partition coefficient (Wildman–Crippen LogP) is 4.59. The Hall–Kier alpha value is -0.600. The molecular formula is C14H20BrN. The molecule has 1 atom stereocenters. The third-order valence-corrected chi connectivity index (χ3v) is 3.19. The molecule has 1 unspecified atom stereocenters. The molecule has 88 valence electrons. The van der Waals surface area contributed by atoms with Crippen molar-refractivity contribution in [2.75, 3.05) is 0 Å². The number of nitrogens with two attached hydrogens (primary N) is 1. The van der Waals surface area contributed by atoms with E-state index < -0.39 is 0 Å². The molecule has 0 aliphatic carbocycles. The fraction of sp³-hybridized carbons (Fsp3) is 0.429. The molecule has 0 radical (unpaired) electrons. The first-order valence-electron chi connectivity index (χ1n) is 5.86. The molecule has 0 fully saturated rings. The minimum Gasteiger partial charge on any atom is -0.324 e. The van der Waals surface area contributed by atoms with Crippen LogP contribution in [0.4, 0.5) is 0 Å². The van der Waals surface area contributed by atoms with Crippen LogP contribution in [0.1, 0.15) is 43.7 Å². The summed E-state index contributed by atoms with van der Waals surface area (Å²) >= 11 is 3.47. The average molecular weight is 282 g/mol.